The maximum Gasteiger partial charge on any atom is 0.261 e. The van der Waals surface area contributed by atoms with E-state index in [1.54, 1.807) is 10.6 Å². The predicted molar refractivity (Wildman–Crippen MR) is 84.6 cm³/mol. The van der Waals surface area contributed by atoms with Crippen LogP contribution in [0.4, 0.5) is 0 Å². The zero-order valence-corrected chi connectivity index (χ0v) is 12.8. The minimum atomic E-state index is -0.150. The van der Waals surface area contributed by atoms with Crippen molar-refractivity contribution in [1.82, 2.24) is 4.57 Å². The molecule has 0 amide bonds. The van der Waals surface area contributed by atoms with Gasteiger partial charge >= 0.3 is 0 Å². The van der Waals surface area contributed by atoms with Gasteiger partial charge in [0.05, 0.1) is 12.1 Å². The van der Waals surface area contributed by atoms with E-state index in [1.165, 1.54) is 0 Å². The van der Waals surface area contributed by atoms with Gasteiger partial charge < -0.3 is 10.3 Å². The average molecular weight is 337 g/mol. The molecule has 19 heavy (non-hydrogen) atoms. The van der Waals surface area contributed by atoms with Gasteiger partial charge in [-0.25, -0.2) is 0 Å². The standard InChI is InChI=1S/C14H13BrN2OS/c1-9-6-7-11(13(16)19)14(18)17(9)8-10-4-2-3-5-12(10)15/h2-7H,8H2,1H3,(H2,16,19). The number of benzene rings is 1. The number of rotatable bonds is 3. The maximum absolute atomic E-state index is 12.3. The molecule has 2 aromatic rings. The number of aryl methyl sites for hydroxylation is 1. The molecule has 98 valence electrons. The summed E-state index contributed by atoms with van der Waals surface area (Å²) in [4.78, 5) is 12.5. The fraction of sp³-hybridized carbons (Fsp3) is 0.143. The largest absolute Gasteiger partial charge is 0.389 e. The quantitative estimate of drug-likeness (QED) is 0.876. The molecule has 2 rings (SSSR count). The summed E-state index contributed by atoms with van der Waals surface area (Å²) in [5.41, 5.74) is 7.71. The second kappa shape index (κ2) is 5.67. The summed E-state index contributed by atoms with van der Waals surface area (Å²) in [6, 6.07) is 11.3. The van der Waals surface area contributed by atoms with E-state index in [9.17, 15) is 4.79 Å². The fourth-order valence-corrected chi connectivity index (χ4v) is 2.42. The lowest BCUT2D eigenvalue weighted by molar-refractivity contribution is 0.726. The van der Waals surface area contributed by atoms with Gasteiger partial charge in [0.25, 0.3) is 5.56 Å². The molecule has 0 atom stereocenters. The van der Waals surface area contributed by atoms with E-state index in [0.717, 1.165) is 15.7 Å². The van der Waals surface area contributed by atoms with Crippen LogP contribution in [0.25, 0.3) is 0 Å². The van der Waals surface area contributed by atoms with Gasteiger partial charge in [-0.1, -0.05) is 46.3 Å². The molecule has 0 radical (unpaired) electrons. The Morgan fingerprint density at radius 1 is 1.32 bits per heavy atom. The zero-order chi connectivity index (χ0) is 14.0. The van der Waals surface area contributed by atoms with Crippen LogP contribution in [-0.4, -0.2) is 9.56 Å². The van der Waals surface area contributed by atoms with Gasteiger partial charge in [-0.2, -0.15) is 0 Å². The highest BCUT2D eigenvalue weighted by molar-refractivity contribution is 9.10. The van der Waals surface area contributed by atoms with Gasteiger partial charge in [-0.05, 0) is 30.7 Å². The number of thiocarbonyl (C=S) groups is 1. The molecule has 0 aliphatic rings. The summed E-state index contributed by atoms with van der Waals surface area (Å²) >= 11 is 8.38. The Kier molecular flexibility index (Phi) is 4.17. The molecule has 1 aromatic carbocycles. The van der Waals surface area contributed by atoms with E-state index in [2.05, 4.69) is 15.9 Å². The summed E-state index contributed by atoms with van der Waals surface area (Å²) in [6.07, 6.45) is 0. The Morgan fingerprint density at radius 2 is 2.00 bits per heavy atom. The number of halogens is 1. The molecule has 0 aliphatic heterocycles. The third-order valence-electron chi connectivity index (χ3n) is 2.94. The smallest absolute Gasteiger partial charge is 0.261 e. The number of nitrogens with zero attached hydrogens (tertiary/aromatic N) is 1. The van der Waals surface area contributed by atoms with E-state index in [1.807, 2.05) is 37.3 Å². The Morgan fingerprint density at radius 3 is 2.63 bits per heavy atom. The van der Waals surface area contributed by atoms with Crippen molar-refractivity contribution in [3.8, 4) is 0 Å². The minimum absolute atomic E-state index is 0.130. The Labute approximate surface area is 125 Å². The van der Waals surface area contributed by atoms with Crippen molar-refractivity contribution in [3.05, 3.63) is 68.0 Å². The van der Waals surface area contributed by atoms with Crippen LogP contribution in [0.2, 0.25) is 0 Å². The topological polar surface area (TPSA) is 48.0 Å². The predicted octanol–water partition coefficient (Wildman–Crippen LogP) is 2.60. The first kappa shape index (κ1) is 14.0. The van der Waals surface area contributed by atoms with Crippen molar-refractivity contribution >= 4 is 33.1 Å². The Hall–Kier alpha value is -1.46. The highest BCUT2D eigenvalue weighted by Crippen LogP contribution is 2.17. The van der Waals surface area contributed by atoms with Gasteiger partial charge in [0.1, 0.15) is 4.99 Å². The molecule has 0 aliphatic carbocycles. The summed E-state index contributed by atoms with van der Waals surface area (Å²) in [5.74, 6) is 0. The van der Waals surface area contributed by atoms with Crippen molar-refractivity contribution in [2.75, 3.05) is 0 Å². The van der Waals surface area contributed by atoms with Gasteiger partial charge in [0.15, 0.2) is 0 Å². The van der Waals surface area contributed by atoms with Crippen molar-refractivity contribution < 1.29 is 0 Å². The van der Waals surface area contributed by atoms with Gasteiger partial charge in [-0.3, -0.25) is 4.79 Å². The molecule has 1 aromatic heterocycles. The normalized spacial score (nSPS) is 10.4. The summed E-state index contributed by atoms with van der Waals surface area (Å²) in [7, 11) is 0. The lowest BCUT2D eigenvalue weighted by Gasteiger charge is -2.12. The third-order valence-corrected chi connectivity index (χ3v) is 3.94. The lowest BCUT2D eigenvalue weighted by atomic mass is 10.2. The van der Waals surface area contributed by atoms with Crippen molar-refractivity contribution in [3.63, 3.8) is 0 Å². The number of hydrogen-bond acceptors (Lipinski definition) is 2. The molecule has 0 fully saturated rings. The van der Waals surface area contributed by atoms with Crippen LogP contribution in [0.1, 0.15) is 16.8 Å². The van der Waals surface area contributed by atoms with Crippen LogP contribution in [0, 0.1) is 6.92 Å². The first-order valence-electron chi connectivity index (χ1n) is 5.74. The Bertz CT molecular complexity index is 694. The molecule has 0 unspecified atom stereocenters. The Balaban J connectivity index is 2.52. The van der Waals surface area contributed by atoms with Crippen LogP contribution < -0.4 is 11.3 Å². The molecule has 0 spiro atoms. The molecule has 1 heterocycles. The number of hydrogen-bond donors (Lipinski definition) is 1. The van der Waals surface area contributed by atoms with Crippen molar-refractivity contribution in [2.45, 2.75) is 13.5 Å². The van der Waals surface area contributed by atoms with Crippen molar-refractivity contribution in [2.24, 2.45) is 5.73 Å². The SMILES string of the molecule is Cc1ccc(C(N)=S)c(=O)n1Cc1ccccc1Br. The van der Waals surface area contributed by atoms with Crippen molar-refractivity contribution in [1.29, 1.82) is 0 Å². The first-order valence-corrected chi connectivity index (χ1v) is 6.94. The summed E-state index contributed by atoms with van der Waals surface area (Å²) < 4.78 is 2.65. The van der Waals surface area contributed by atoms with Crippen LogP contribution in [0.15, 0.2) is 45.7 Å². The highest BCUT2D eigenvalue weighted by Gasteiger charge is 2.09. The molecule has 0 saturated carbocycles. The molecule has 3 nitrogen and oxygen atoms in total. The molecule has 0 saturated heterocycles. The fourth-order valence-electron chi connectivity index (χ4n) is 1.85. The summed E-state index contributed by atoms with van der Waals surface area (Å²) in [6.45, 7) is 2.38. The molecular weight excluding hydrogens is 324 g/mol. The number of nitrogens with two attached hydrogens (primary N) is 1. The minimum Gasteiger partial charge on any atom is -0.389 e. The molecule has 0 bridgehead atoms. The second-order valence-electron chi connectivity index (χ2n) is 4.24. The monoisotopic (exact) mass is 336 g/mol. The van der Waals surface area contributed by atoms with E-state index in [4.69, 9.17) is 18.0 Å². The molecular formula is C14H13BrN2OS. The van der Waals surface area contributed by atoms with Crippen LogP contribution >= 0.6 is 28.1 Å². The second-order valence-corrected chi connectivity index (χ2v) is 5.53. The zero-order valence-electron chi connectivity index (χ0n) is 10.4. The van der Waals surface area contributed by atoms with Gasteiger partial charge in [0, 0.05) is 10.2 Å². The number of aromatic nitrogens is 1. The highest BCUT2D eigenvalue weighted by atomic mass is 79.9. The molecule has 2 N–H and O–H groups in total. The van der Waals surface area contributed by atoms with Crippen LogP contribution in [0.5, 0.6) is 0 Å². The van der Waals surface area contributed by atoms with Gasteiger partial charge in [-0.15, -0.1) is 0 Å². The van der Waals surface area contributed by atoms with E-state index >= 15 is 0 Å². The third kappa shape index (κ3) is 2.93. The average Bonchev–Trinajstić information content (AvgIpc) is 2.36. The number of pyridine rings is 1. The lowest BCUT2D eigenvalue weighted by Crippen LogP contribution is -2.30. The van der Waals surface area contributed by atoms with E-state index in [-0.39, 0.29) is 10.5 Å². The van der Waals surface area contributed by atoms with Crippen LogP contribution in [-0.2, 0) is 6.54 Å². The van der Waals surface area contributed by atoms with E-state index < -0.39 is 0 Å². The van der Waals surface area contributed by atoms with Crippen LogP contribution in [0.3, 0.4) is 0 Å². The molecule has 5 heteroatoms. The summed E-state index contributed by atoms with van der Waals surface area (Å²) in [5, 5.41) is 0. The maximum atomic E-state index is 12.3. The first-order chi connectivity index (χ1) is 9.00. The van der Waals surface area contributed by atoms with Gasteiger partial charge in [0.2, 0.25) is 0 Å². The van der Waals surface area contributed by atoms with E-state index in [0.29, 0.717) is 12.1 Å².